The zero-order chi connectivity index (χ0) is 75.4. The number of nitrogens with zero attached hydrogens (tertiary/aromatic N) is 2. The van der Waals surface area contributed by atoms with Crippen LogP contribution in [0.1, 0.15) is 89.0 Å². The number of fused-ring (bicyclic) bond motifs is 12. The summed E-state index contributed by atoms with van der Waals surface area (Å²) >= 11 is 0. The molecule has 534 valence electrons. The lowest BCUT2D eigenvalue weighted by atomic mass is 9.67. The third-order valence-electron chi connectivity index (χ3n) is 25.5. The van der Waals surface area contributed by atoms with Crippen LogP contribution in [0, 0.1) is 0 Å². The van der Waals surface area contributed by atoms with Crippen molar-refractivity contribution in [3.05, 3.63) is 550 Å². The van der Waals surface area contributed by atoms with Crippen LogP contribution in [-0.4, -0.2) is 0 Å². The molecular weight excluding hydrogens is 1370 g/mol. The van der Waals surface area contributed by atoms with Crippen LogP contribution < -0.4 is 9.80 Å². The van der Waals surface area contributed by atoms with E-state index in [4.69, 9.17) is 0 Å². The van der Waals surface area contributed by atoms with Crippen LogP contribution in [-0.2, 0) is 21.7 Å². The van der Waals surface area contributed by atoms with Crippen LogP contribution in [0.2, 0.25) is 0 Å². The number of hydrogen-bond acceptors (Lipinski definition) is 2. The summed E-state index contributed by atoms with van der Waals surface area (Å²) in [6.45, 7) is 0. The molecule has 4 aliphatic rings. The van der Waals surface area contributed by atoms with E-state index in [1.807, 2.05) is 0 Å². The van der Waals surface area contributed by atoms with E-state index in [0.29, 0.717) is 0 Å². The van der Waals surface area contributed by atoms with Crippen molar-refractivity contribution in [3.8, 4) is 55.6 Å². The summed E-state index contributed by atoms with van der Waals surface area (Å²) in [5, 5.41) is 0. The summed E-state index contributed by atoms with van der Waals surface area (Å²) in [6.07, 6.45) is 0. The molecule has 0 unspecified atom stereocenters. The van der Waals surface area contributed by atoms with E-state index in [0.717, 1.165) is 45.3 Å². The molecule has 0 amide bonds. The Morgan fingerprint density at radius 3 is 0.412 bits per heavy atom. The second kappa shape index (κ2) is 26.7. The first-order valence-electron chi connectivity index (χ1n) is 39.8. The third kappa shape index (κ3) is 9.74. The Bertz CT molecular complexity index is 5710. The molecule has 2 nitrogen and oxygen atoms in total. The summed E-state index contributed by atoms with van der Waals surface area (Å²) in [6, 6.07) is 173. The summed E-state index contributed by atoms with van der Waals surface area (Å²) in [5.41, 5.74) is 36.8. The maximum Gasteiger partial charge on any atom is 0.0713 e. The zero-order valence-corrected chi connectivity index (χ0v) is 62.8. The average Bonchev–Trinajstić information content (AvgIpc) is 1.56. The van der Waals surface area contributed by atoms with Gasteiger partial charge in [0, 0.05) is 34.1 Å². The molecule has 0 N–H and O–H groups in total. The average molecular weight is 1450 g/mol. The van der Waals surface area contributed by atoms with Crippen LogP contribution in [0.25, 0.3) is 55.6 Å². The predicted octanol–water partition coefficient (Wildman–Crippen LogP) is 27.7. The fourth-order valence-electron chi connectivity index (χ4n) is 20.8. The highest BCUT2D eigenvalue weighted by Gasteiger charge is 2.50. The van der Waals surface area contributed by atoms with E-state index in [2.05, 4.69) is 471 Å². The lowest BCUT2D eigenvalue weighted by Gasteiger charge is -2.35. The van der Waals surface area contributed by atoms with E-state index in [1.54, 1.807) is 0 Å². The van der Waals surface area contributed by atoms with Crippen molar-refractivity contribution in [2.45, 2.75) is 21.7 Å². The molecule has 18 aromatic carbocycles. The van der Waals surface area contributed by atoms with Gasteiger partial charge in [-0.3, -0.25) is 0 Å². The minimum atomic E-state index is -0.535. The Morgan fingerprint density at radius 1 is 0.114 bits per heavy atom. The number of anilines is 6. The van der Waals surface area contributed by atoms with Crippen LogP contribution in [0.5, 0.6) is 0 Å². The highest BCUT2D eigenvalue weighted by atomic mass is 15.1. The van der Waals surface area contributed by atoms with Crippen molar-refractivity contribution in [1.82, 2.24) is 0 Å². The first kappa shape index (κ1) is 66.5. The smallest absolute Gasteiger partial charge is 0.0713 e. The van der Waals surface area contributed by atoms with Gasteiger partial charge in [-0.1, -0.05) is 388 Å². The molecule has 22 rings (SSSR count). The van der Waals surface area contributed by atoms with Crippen molar-refractivity contribution in [2.75, 3.05) is 9.80 Å². The van der Waals surface area contributed by atoms with Gasteiger partial charge in [0.2, 0.25) is 0 Å². The van der Waals surface area contributed by atoms with Crippen molar-refractivity contribution >= 4 is 34.1 Å². The summed E-state index contributed by atoms with van der Waals surface area (Å²) in [7, 11) is 0. The molecule has 0 bridgehead atoms. The van der Waals surface area contributed by atoms with Crippen LogP contribution >= 0.6 is 0 Å². The van der Waals surface area contributed by atoms with E-state index >= 15 is 0 Å². The van der Waals surface area contributed by atoms with Gasteiger partial charge < -0.3 is 9.80 Å². The highest BCUT2D eigenvalue weighted by Crippen LogP contribution is 2.62. The Morgan fingerprint density at radius 2 is 0.246 bits per heavy atom. The molecule has 4 aliphatic carbocycles. The zero-order valence-electron chi connectivity index (χ0n) is 62.8. The van der Waals surface area contributed by atoms with Gasteiger partial charge in [0.15, 0.2) is 0 Å². The Hall–Kier alpha value is -14.4. The number of benzene rings is 18. The molecule has 0 aromatic heterocycles. The second-order valence-corrected chi connectivity index (χ2v) is 30.8. The summed E-state index contributed by atoms with van der Waals surface area (Å²) in [5.74, 6) is 0. The number of rotatable bonds is 15. The van der Waals surface area contributed by atoms with E-state index in [-0.39, 0.29) is 0 Å². The summed E-state index contributed by atoms with van der Waals surface area (Å²) in [4.78, 5) is 4.87. The molecule has 0 spiro atoms. The lowest BCUT2D eigenvalue weighted by molar-refractivity contribution is 0.768. The molecule has 0 fully saturated rings. The monoisotopic (exact) mass is 1450 g/mol. The highest BCUT2D eigenvalue weighted by molar-refractivity contribution is 5.92. The molecular formula is C112H76N2. The fraction of sp³-hybridized carbons (Fsp3) is 0.0357. The molecule has 0 saturated carbocycles. The van der Waals surface area contributed by atoms with Crippen molar-refractivity contribution in [1.29, 1.82) is 0 Å². The second-order valence-electron chi connectivity index (χ2n) is 30.8. The van der Waals surface area contributed by atoms with Gasteiger partial charge in [-0.05, 0) is 217 Å². The van der Waals surface area contributed by atoms with Crippen LogP contribution in [0.15, 0.2) is 461 Å². The van der Waals surface area contributed by atoms with Gasteiger partial charge in [-0.25, -0.2) is 0 Å². The SMILES string of the molecule is c1ccc(C2(c3ccc(N(c4ccc(-c5ccc(N(c6ccc(C7(c8ccccc8)c8ccccc8-c8ccccc87)cc6)c6ccc(C7(c8ccccc8)c8ccccc8-c8ccccc87)cc6)cc5)cc4)c4ccc(C5(c6ccccc6)c6ccccc6-c6ccccc65)cc4)cc3)c3ccccc3-c3ccccc32)cc1. The van der Waals surface area contributed by atoms with Gasteiger partial charge in [-0.2, -0.15) is 0 Å². The molecule has 18 aromatic rings. The van der Waals surface area contributed by atoms with Crippen molar-refractivity contribution in [3.63, 3.8) is 0 Å². The van der Waals surface area contributed by atoms with Gasteiger partial charge in [0.1, 0.15) is 0 Å². The van der Waals surface area contributed by atoms with Crippen molar-refractivity contribution < 1.29 is 0 Å². The standard InChI is InChI=1S/C112H76N2/c1-5-29-79(30-6-1)109(101-45-21-13-37-93(101)94-38-14-22-46-102(94)109)83-57-69-89(70-58-83)113(90-71-59-84(60-72-90)110(80-31-7-2-8-32-80)103-47-23-15-39-95(103)96-40-16-24-48-104(96)110)87-65-53-77(54-66-87)78-55-67-88(68-56-78)114(91-73-61-85(62-74-91)111(81-33-9-3-10-34-81)105-49-25-17-41-97(105)98-42-18-26-50-106(98)111)92-75-63-86(64-76-92)112(82-35-11-4-12-36-82)107-51-27-19-43-99(107)100-44-20-28-52-108(100)112/h1-76H. The van der Waals surface area contributed by atoms with E-state index < -0.39 is 21.7 Å². The van der Waals surface area contributed by atoms with Crippen LogP contribution in [0.4, 0.5) is 34.1 Å². The van der Waals surface area contributed by atoms with Gasteiger partial charge in [-0.15, -0.1) is 0 Å². The van der Waals surface area contributed by atoms with Crippen molar-refractivity contribution in [2.24, 2.45) is 0 Å². The molecule has 114 heavy (non-hydrogen) atoms. The topological polar surface area (TPSA) is 6.48 Å². The minimum absolute atomic E-state index is 0.535. The molecule has 0 heterocycles. The van der Waals surface area contributed by atoms with Gasteiger partial charge in [0.25, 0.3) is 0 Å². The lowest BCUT2D eigenvalue weighted by Crippen LogP contribution is -2.28. The molecule has 0 aliphatic heterocycles. The molecule has 0 radical (unpaired) electrons. The molecule has 0 saturated heterocycles. The fourth-order valence-corrected chi connectivity index (χ4v) is 20.8. The van der Waals surface area contributed by atoms with Gasteiger partial charge >= 0.3 is 0 Å². The molecule has 0 atom stereocenters. The molecule has 2 heteroatoms. The maximum absolute atomic E-state index is 2.43. The van der Waals surface area contributed by atoms with E-state index in [1.165, 1.54) is 134 Å². The summed E-state index contributed by atoms with van der Waals surface area (Å²) < 4.78 is 0. The minimum Gasteiger partial charge on any atom is -0.311 e. The number of hydrogen-bond donors (Lipinski definition) is 0. The van der Waals surface area contributed by atoms with Gasteiger partial charge in [0.05, 0.1) is 21.7 Å². The quantitative estimate of drug-likeness (QED) is 0.101. The Balaban J connectivity index is 0.665. The Kier molecular flexibility index (Phi) is 15.6. The Labute approximate surface area is 666 Å². The largest absolute Gasteiger partial charge is 0.311 e. The van der Waals surface area contributed by atoms with E-state index in [9.17, 15) is 0 Å². The normalized spacial score (nSPS) is 14.1. The van der Waals surface area contributed by atoms with Crippen LogP contribution in [0.3, 0.4) is 0 Å². The third-order valence-corrected chi connectivity index (χ3v) is 25.5. The first-order valence-corrected chi connectivity index (χ1v) is 39.8. The predicted molar refractivity (Wildman–Crippen MR) is 470 cm³/mol. The first-order chi connectivity index (χ1) is 56.5. The maximum atomic E-state index is 2.43.